The van der Waals surface area contributed by atoms with E-state index in [1.165, 1.54) is 12.7 Å². The third-order valence-electron chi connectivity index (χ3n) is 9.47. The maximum absolute atomic E-state index is 14.3. The van der Waals surface area contributed by atoms with Crippen LogP contribution >= 0.6 is 11.6 Å². The number of hydrogen-bond acceptors (Lipinski definition) is 8. The lowest BCUT2D eigenvalue weighted by Gasteiger charge is -2.44. The Balaban J connectivity index is 1.48. The fourth-order valence-corrected chi connectivity index (χ4v) is 7.22. The molecule has 49 heavy (non-hydrogen) atoms. The number of benzene rings is 3. The number of hydrogen-bond donors (Lipinski definition) is 4. The molecule has 12 heteroatoms. The highest BCUT2D eigenvalue weighted by atomic mass is 35.5. The third kappa shape index (κ3) is 8.65. The second-order valence-corrected chi connectivity index (χ2v) is 13.0. The Morgan fingerprint density at radius 1 is 1.12 bits per heavy atom. The first-order valence-electron chi connectivity index (χ1n) is 17.0. The van der Waals surface area contributed by atoms with Crippen molar-refractivity contribution in [1.29, 1.82) is 0 Å². The van der Waals surface area contributed by atoms with Crippen molar-refractivity contribution in [2.45, 2.75) is 64.0 Å². The van der Waals surface area contributed by atoms with Gasteiger partial charge in [0.15, 0.2) is 5.82 Å². The van der Waals surface area contributed by atoms with Crippen LogP contribution in [0.4, 0.5) is 4.79 Å². The van der Waals surface area contributed by atoms with Gasteiger partial charge in [-0.05, 0) is 85.5 Å². The normalized spacial score (nSPS) is 15.9. The van der Waals surface area contributed by atoms with Crippen LogP contribution in [0.5, 0.6) is 0 Å². The van der Waals surface area contributed by atoms with Crippen LogP contribution in [0.3, 0.4) is 0 Å². The van der Waals surface area contributed by atoms with Crippen molar-refractivity contribution in [3.8, 4) is 11.1 Å². The molecule has 2 heterocycles. The van der Waals surface area contributed by atoms with E-state index in [4.69, 9.17) is 16.3 Å². The minimum Gasteiger partial charge on any atom is -0.453 e. The van der Waals surface area contributed by atoms with E-state index in [0.717, 1.165) is 47.1 Å². The molecule has 2 amide bonds. The smallest absolute Gasteiger partial charge is 0.406 e. The van der Waals surface area contributed by atoms with Crippen molar-refractivity contribution in [1.82, 2.24) is 36.2 Å². The summed E-state index contributed by atoms with van der Waals surface area (Å²) in [6, 6.07) is 19.9. The number of piperidine rings is 1. The molecule has 1 aliphatic rings. The number of alkyl carbamates (subject to hydrolysis) is 1. The molecule has 4 aromatic rings. The number of likely N-dealkylation sites (tertiary alicyclic amines) is 1. The molecule has 0 radical (unpaired) electrons. The summed E-state index contributed by atoms with van der Waals surface area (Å²) < 4.78 is 4.76. The van der Waals surface area contributed by atoms with Crippen molar-refractivity contribution < 1.29 is 19.4 Å². The minimum absolute atomic E-state index is 0.0690. The van der Waals surface area contributed by atoms with Crippen LogP contribution in [0.1, 0.15) is 71.0 Å². The fourth-order valence-electron chi connectivity index (χ4n) is 6.94. The molecule has 0 spiro atoms. The number of halogens is 1. The summed E-state index contributed by atoms with van der Waals surface area (Å²) >= 11 is 6.94. The number of aryl methyl sites for hydroxylation is 3. The van der Waals surface area contributed by atoms with Crippen molar-refractivity contribution in [2.24, 2.45) is 5.92 Å². The van der Waals surface area contributed by atoms with Crippen LogP contribution in [0.2, 0.25) is 5.02 Å². The first-order chi connectivity index (χ1) is 23.8. The van der Waals surface area contributed by atoms with E-state index < -0.39 is 11.7 Å². The molecule has 1 fully saturated rings. The van der Waals surface area contributed by atoms with Gasteiger partial charge in [-0.15, -0.1) is 10.2 Å². The van der Waals surface area contributed by atoms with E-state index in [1.807, 2.05) is 54.4 Å². The molecule has 1 aliphatic heterocycles. The maximum atomic E-state index is 14.3. The Kier molecular flexibility index (Phi) is 12.4. The second-order valence-electron chi connectivity index (χ2n) is 12.6. The molecule has 5 rings (SSSR count). The van der Waals surface area contributed by atoms with E-state index in [-0.39, 0.29) is 11.8 Å². The average Bonchev–Trinajstić information content (AvgIpc) is 3.66. The Hall–Kier alpha value is -4.32. The maximum Gasteiger partial charge on any atom is 0.406 e. The molecule has 4 N–H and O–H groups in total. The van der Waals surface area contributed by atoms with E-state index >= 15 is 0 Å². The van der Waals surface area contributed by atoms with Gasteiger partial charge in [-0.2, -0.15) is 5.21 Å². The largest absolute Gasteiger partial charge is 0.453 e. The van der Waals surface area contributed by atoms with Crippen molar-refractivity contribution in [2.75, 3.05) is 33.8 Å². The summed E-state index contributed by atoms with van der Waals surface area (Å²) in [7, 11) is 3.22. The number of nitrogens with zero attached hydrogens (tertiary/aromatic N) is 4. The number of carbonyl (C=O) groups excluding carboxylic acids is 2. The molecule has 1 aromatic heterocycles. The van der Waals surface area contributed by atoms with Gasteiger partial charge in [-0.1, -0.05) is 72.3 Å². The van der Waals surface area contributed by atoms with E-state index in [0.29, 0.717) is 68.3 Å². The summed E-state index contributed by atoms with van der Waals surface area (Å²) in [5, 5.41) is 33.8. The summed E-state index contributed by atoms with van der Waals surface area (Å²) in [4.78, 5) is 28.0. The SMILES string of the molecule is CCc1cccc(-c2c(Cl)cccc2C(O)(CCCNC(=O)OC)C2CCCN(C(=O)c3ccc(CNC)cc3CCc3nn[nH]n3)C2)c1. The number of aromatic amines is 1. The minimum atomic E-state index is -1.35. The summed E-state index contributed by atoms with van der Waals surface area (Å²) in [6.07, 6.45) is 3.75. The Morgan fingerprint density at radius 2 is 1.96 bits per heavy atom. The lowest BCUT2D eigenvalue weighted by molar-refractivity contribution is -0.0563. The molecule has 11 nitrogen and oxygen atoms in total. The lowest BCUT2D eigenvalue weighted by atomic mass is 9.72. The molecular formula is C37H46ClN7O4. The predicted octanol–water partition coefficient (Wildman–Crippen LogP) is 5.46. The van der Waals surface area contributed by atoms with Gasteiger partial charge in [0.2, 0.25) is 0 Å². The number of rotatable bonds is 14. The van der Waals surface area contributed by atoms with Gasteiger partial charge >= 0.3 is 6.09 Å². The molecule has 3 aromatic carbocycles. The molecule has 2 unspecified atom stereocenters. The van der Waals surface area contributed by atoms with Crippen LogP contribution in [0, 0.1) is 5.92 Å². The first-order valence-corrected chi connectivity index (χ1v) is 17.4. The van der Waals surface area contributed by atoms with Crippen LogP contribution in [-0.4, -0.2) is 76.4 Å². The molecule has 0 bridgehead atoms. The third-order valence-corrected chi connectivity index (χ3v) is 9.78. The number of tetrazole rings is 1. The van der Waals surface area contributed by atoms with E-state index in [2.05, 4.69) is 56.4 Å². The summed E-state index contributed by atoms with van der Waals surface area (Å²) in [6.45, 7) is 4.06. The number of ether oxygens (including phenoxy) is 1. The number of aromatic nitrogens is 4. The monoisotopic (exact) mass is 687 g/mol. The van der Waals surface area contributed by atoms with Crippen LogP contribution in [-0.2, 0) is 36.1 Å². The highest BCUT2D eigenvalue weighted by Gasteiger charge is 2.43. The fraction of sp³-hybridized carbons (Fsp3) is 0.432. The quantitative estimate of drug-likeness (QED) is 0.128. The molecule has 260 valence electrons. The topological polar surface area (TPSA) is 145 Å². The molecular weight excluding hydrogens is 642 g/mol. The molecule has 1 saturated heterocycles. The molecule has 0 saturated carbocycles. The average molecular weight is 688 g/mol. The Labute approximate surface area is 292 Å². The van der Waals surface area contributed by atoms with Gasteiger partial charge in [0.25, 0.3) is 5.91 Å². The van der Waals surface area contributed by atoms with Crippen LogP contribution < -0.4 is 10.6 Å². The molecule has 0 aliphatic carbocycles. The van der Waals surface area contributed by atoms with Crippen molar-refractivity contribution in [3.05, 3.63) is 99.3 Å². The number of carbonyl (C=O) groups is 2. The van der Waals surface area contributed by atoms with Crippen molar-refractivity contribution in [3.63, 3.8) is 0 Å². The number of nitrogens with one attached hydrogen (secondary N) is 3. The zero-order valence-electron chi connectivity index (χ0n) is 28.5. The van der Waals surface area contributed by atoms with Gasteiger partial charge in [0.05, 0.1) is 12.7 Å². The number of H-pyrrole nitrogens is 1. The van der Waals surface area contributed by atoms with Gasteiger partial charge in [0, 0.05) is 54.7 Å². The first kappa shape index (κ1) is 36.0. The highest BCUT2D eigenvalue weighted by Crippen LogP contribution is 2.46. The Bertz CT molecular complexity index is 1720. The van der Waals surface area contributed by atoms with Crippen molar-refractivity contribution >= 4 is 23.6 Å². The standard InChI is InChI=1S/C37H46ClN7O4/c1-4-25-9-5-10-28(21-25)34-31(12-6-13-32(34)38)37(48,18-8-19-40-36(47)49-3)29-11-7-20-45(24-29)35(46)30-16-14-26(23-39-2)22-27(30)15-17-33-41-43-44-42-33/h5-6,9-10,12-14,16,21-22,29,39,48H,4,7-8,11,15,17-20,23-24H2,1-3H3,(H,40,47)(H,41,42,43,44). The second kappa shape index (κ2) is 16.9. The van der Waals surface area contributed by atoms with Crippen LogP contribution in [0.25, 0.3) is 11.1 Å². The van der Waals surface area contributed by atoms with Crippen LogP contribution in [0.15, 0.2) is 60.7 Å². The van der Waals surface area contributed by atoms with Gasteiger partial charge in [-0.3, -0.25) is 4.79 Å². The molecule has 2 atom stereocenters. The zero-order chi connectivity index (χ0) is 34.8. The Morgan fingerprint density at radius 3 is 2.71 bits per heavy atom. The number of methoxy groups -OCH3 is 1. The van der Waals surface area contributed by atoms with Gasteiger partial charge < -0.3 is 25.4 Å². The lowest BCUT2D eigenvalue weighted by Crippen LogP contribution is -2.48. The van der Waals surface area contributed by atoms with Gasteiger partial charge in [-0.25, -0.2) is 4.79 Å². The highest BCUT2D eigenvalue weighted by molar-refractivity contribution is 6.33. The summed E-state index contributed by atoms with van der Waals surface area (Å²) in [5.74, 6) is 0.228. The van der Waals surface area contributed by atoms with E-state index in [1.54, 1.807) is 0 Å². The van der Waals surface area contributed by atoms with E-state index in [9.17, 15) is 14.7 Å². The number of amides is 2. The zero-order valence-corrected chi connectivity index (χ0v) is 29.2. The summed E-state index contributed by atoms with van der Waals surface area (Å²) in [5.41, 5.74) is 4.89. The number of aliphatic hydroxyl groups is 1. The van der Waals surface area contributed by atoms with Gasteiger partial charge in [0.1, 0.15) is 0 Å². The predicted molar refractivity (Wildman–Crippen MR) is 189 cm³/mol.